The fourth-order valence-electron chi connectivity index (χ4n) is 2.88. The highest BCUT2D eigenvalue weighted by molar-refractivity contribution is 5.94. The van der Waals surface area contributed by atoms with Crippen LogP contribution in [-0.2, 0) is 0 Å². The fourth-order valence-corrected chi connectivity index (χ4v) is 2.88. The number of methoxy groups -OCH3 is 1. The van der Waals surface area contributed by atoms with Crippen molar-refractivity contribution in [2.75, 3.05) is 25.1 Å². The molecule has 0 saturated carbocycles. The van der Waals surface area contributed by atoms with Crippen molar-refractivity contribution in [2.45, 2.75) is 19.3 Å². The number of piperidine rings is 1. The molecule has 1 aliphatic heterocycles. The van der Waals surface area contributed by atoms with Gasteiger partial charge in [0.05, 0.1) is 18.9 Å². The van der Waals surface area contributed by atoms with Crippen LogP contribution >= 0.6 is 0 Å². The lowest BCUT2D eigenvalue weighted by atomic mass is 10.1. The number of carbonyl (C=O) groups is 1. The first-order valence-corrected chi connectivity index (χ1v) is 8.44. The van der Waals surface area contributed by atoms with Crippen LogP contribution in [0.15, 0.2) is 47.8 Å². The topological polar surface area (TPSA) is 66.8 Å². The highest BCUT2D eigenvalue weighted by atomic mass is 16.5. The minimum Gasteiger partial charge on any atom is -0.496 e. The van der Waals surface area contributed by atoms with Gasteiger partial charge >= 0.3 is 0 Å². The van der Waals surface area contributed by atoms with Crippen LogP contribution in [0, 0.1) is 0 Å². The minimum absolute atomic E-state index is 0.298. The molecule has 0 spiro atoms. The van der Waals surface area contributed by atoms with Gasteiger partial charge in [0.25, 0.3) is 5.91 Å². The summed E-state index contributed by atoms with van der Waals surface area (Å²) in [6.45, 7) is 2.16. The molecule has 2 aromatic rings. The summed E-state index contributed by atoms with van der Waals surface area (Å²) in [5.74, 6) is 0.440. The molecule has 1 N–H and O–H groups in total. The van der Waals surface area contributed by atoms with E-state index in [1.165, 1.54) is 25.5 Å². The Morgan fingerprint density at radius 3 is 2.84 bits per heavy atom. The number of hydrogen-bond donors (Lipinski definition) is 1. The van der Waals surface area contributed by atoms with Crippen LogP contribution in [0.3, 0.4) is 0 Å². The van der Waals surface area contributed by atoms with E-state index in [1.54, 1.807) is 31.7 Å². The zero-order valence-corrected chi connectivity index (χ0v) is 14.3. The van der Waals surface area contributed by atoms with Crippen molar-refractivity contribution in [3.8, 4) is 5.75 Å². The van der Waals surface area contributed by atoms with Gasteiger partial charge in [0.2, 0.25) is 0 Å². The summed E-state index contributed by atoms with van der Waals surface area (Å²) in [7, 11) is 1.64. The van der Waals surface area contributed by atoms with Crippen LogP contribution in [0.4, 0.5) is 5.69 Å². The molecule has 0 aliphatic carbocycles. The third-order valence-electron chi connectivity index (χ3n) is 4.23. The lowest BCUT2D eigenvalue weighted by molar-refractivity contribution is 0.0955. The van der Waals surface area contributed by atoms with E-state index in [4.69, 9.17) is 4.74 Å². The average Bonchev–Trinajstić information content (AvgIpc) is 2.69. The van der Waals surface area contributed by atoms with E-state index in [0.717, 1.165) is 30.1 Å². The van der Waals surface area contributed by atoms with Crippen molar-refractivity contribution in [1.82, 2.24) is 10.4 Å². The summed E-state index contributed by atoms with van der Waals surface area (Å²) in [5.41, 5.74) is 4.94. The molecule has 1 amide bonds. The average molecular weight is 338 g/mol. The van der Waals surface area contributed by atoms with Crippen LogP contribution in [0.25, 0.3) is 0 Å². The van der Waals surface area contributed by atoms with Crippen LogP contribution in [0.1, 0.15) is 35.2 Å². The Labute approximate surface area is 147 Å². The van der Waals surface area contributed by atoms with Crippen molar-refractivity contribution in [3.63, 3.8) is 0 Å². The zero-order chi connectivity index (χ0) is 17.5. The van der Waals surface area contributed by atoms with E-state index >= 15 is 0 Å². The number of anilines is 1. The third-order valence-corrected chi connectivity index (χ3v) is 4.23. The number of aromatic nitrogens is 1. The number of benzene rings is 1. The molecule has 6 nitrogen and oxygen atoms in total. The van der Waals surface area contributed by atoms with Crippen molar-refractivity contribution in [1.29, 1.82) is 0 Å². The van der Waals surface area contributed by atoms with Gasteiger partial charge in [-0.1, -0.05) is 0 Å². The van der Waals surface area contributed by atoms with Gasteiger partial charge in [-0.15, -0.1) is 0 Å². The molecule has 130 valence electrons. The number of nitrogens with one attached hydrogen (secondary N) is 1. The number of amides is 1. The van der Waals surface area contributed by atoms with Gasteiger partial charge in [0.15, 0.2) is 0 Å². The zero-order valence-electron chi connectivity index (χ0n) is 14.3. The molecule has 1 fully saturated rings. The van der Waals surface area contributed by atoms with E-state index in [0.29, 0.717) is 5.56 Å². The first-order chi connectivity index (χ1) is 12.3. The predicted molar refractivity (Wildman–Crippen MR) is 98.4 cm³/mol. The van der Waals surface area contributed by atoms with Crippen molar-refractivity contribution < 1.29 is 9.53 Å². The molecule has 2 heterocycles. The van der Waals surface area contributed by atoms with E-state index < -0.39 is 0 Å². The van der Waals surface area contributed by atoms with Crippen molar-refractivity contribution in [3.05, 3.63) is 53.9 Å². The summed E-state index contributed by atoms with van der Waals surface area (Å²) in [6, 6.07) is 9.45. The standard InChI is InChI=1S/C19H22N4O2/c1-25-18-12-17(23-10-3-2-4-11-23)8-7-15(18)14-21-22-19(24)16-6-5-9-20-13-16/h5-9,12-14H,2-4,10-11H2,1H3,(H,22,24). The minimum atomic E-state index is -0.298. The number of carbonyl (C=O) groups excluding carboxylic acids is 1. The summed E-state index contributed by atoms with van der Waals surface area (Å²) in [4.78, 5) is 18.2. The highest BCUT2D eigenvalue weighted by Gasteiger charge is 2.13. The summed E-state index contributed by atoms with van der Waals surface area (Å²) in [6.07, 6.45) is 8.47. The number of hydrazone groups is 1. The molecule has 0 radical (unpaired) electrons. The van der Waals surface area contributed by atoms with Gasteiger partial charge in [0, 0.05) is 42.8 Å². The van der Waals surface area contributed by atoms with Crippen LogP contribution in [-0.4, -0.2) is 37.3 Å². The maximum Gasteiger partial charge on any atom is 0.272 e. The molecule has 0 atom stereocenters. The largest absolute Gasteiger partial charge is 0.496 e. The van der Waals surface area contributed by atoms with Gasteiger partial charge < -0.3 is 9.64 Å². The Morgan fingerprint density at radius 2 is 2.12 bits per heavy atom. The first-order valence-electron chi connectivity index (χ1n) is 8.44. The Bertz CT molecular complexity index is 740. The van der Waals surface area contributed by atoms with Gasteiger partial charge in [-0.3, -0.25) is 9.78 Å². The maximum absolute atomic E-state index is 11.9. The Balaban J connectivity index is 1.68. The molecule has 6 heteroatoms. The van der Waals surface area contributed by atoms with E-state index in [2.05, 4.69) is 26.5 Å². The number of hydrogen-bond acceptors (Lipinski definition) is 5. The number of rotatable bonds is 5. The van der Waals surface area contributed by atoms with Gasteiger partial charge in [-0.2, -0.15) is 5.10 Å². The molecular formula is C19H22N4O2. The Hall–Kier alpha value is -2.89. The molecule has 0 bridgehead atoms. The predicted octanol–water partition coefficient (Wildman–Crippen LogP) is 2.84. The van der Waals surface area contributed by atoms with Gasteiger partial charge in [-0.25, -0.2) is 5.43 Å². The highest BCUT2D eigenvalue weighted by Crippen LogP contribution is 2.26. The van der Waals surface area contributed by atoms with E-state index in [-0.39, 0.29) is 5.91 Å². The second-order valence-electron chi connectivity index (χ2n) is 5.91. The lowest BCUT2D eigenvalue weighted by Gasteiger charge is -2.29. The van der Waals surface area contributed by atoms with Gasteiger partial charge in [-0.05, 0) is 43.5 Å². The summed E-state index contributed by atoms with van der Waals surface area (Å²) < 4.78 is 5.48. The number of pyridine rings is 1. The lowest BCUT2D eigenvalue weighted by Crippen LogP contribution is -2.29. The van der Waals surface area contributed by atoms with Crippen molar-refractivity contribution in [2.24, 2.45) is 5.10 Å². The van der Waals surface area contributed by atoms with Crippen LogP contribution in [0.5, 0.6) is 5.75 Å². The van der Waals surface area contributed by atoms with Crippen LogP contribution in [0.2, 0.25) is 0 Å². The van der Waals surface area contributed by atoms with E-state index in [9.17, 15) is 4.79 Å². The van der Waals surface area contributed by atoms with Crippen LogP contribution < -0.4 is 15.1 Å². The molecule has 1 aliphatic rings. The molecule has 3 rings (SSSR count). The number of ether oxygens (including phenoxy) is 1. The third kappa shape index (κ3) is 4.35. The SMILES string of the molecule is COc1cc(N2CCCCC2)ccc1C=NNC(=O)c1cccnc1. The first kappa shape index (κ1) is 17.0. The van der Waals surface area contributed by atoms with Gasteiger partial charge in [0.1, 0.15) is 5.75 Å². The second-order valence-corrected chi connectivity index (χ2v) is 5.91. The normalized spacial score (nSPS) is 14.5. The molecule has 1 saturated heterocycles. The Kier molecular flexibility index (Phi) is 5.61. The molecule has 1 aromatic heterocycles. The second kappa shape index (κ2) is 8.28. The molecule has 1 aromatic carbocycles. The van der Waals surface area contributed by atoms with Crippen molar-refractivity contribution >= 4 is 17.8 Å². The molecule has 25 heavy (non-hydrogen) atoms. The smallest absolute Gasteiger partial charge is 0.272 e. The van der Waals surface area contributed by atoms with E-state index in [1.807, 2.05) is 12.1 Å². The maximum atomic E-state index is 11.9. The molecular weight excluding hydrogens is 316 g/mol. The summed E-state index contributed by atoms with van der Waals surface area (Å²) >= 11 is 0. The quantitative estimate of drug-likeness (QED) is 0.672. The fraction of sp³-hybridized carbons (Fsp3) is 0.316. The monoisotopic (exact) mass is 338 g/mol. The molecule has 0 unspecified atom stereocenters. The Morgan fingerprint density at radius 1 is 1.28 bits per heavy atom. The number of nitrogens with zero attached hydrogens (tertiary/aromatic N) is 3. The summed E-state index contributed by atoms with van der Waals surface area (Å²) in [5, 5.41) is 4.02.